The standard InChI is InChI=1S/C14H20FN/c15-13(8-11-16)14(9-4-5-10-14)12-6-2-1-3-7-12/h1-3,6-7,13H,4-5,8-11,16H2. The minimum Gasteiger partial charge on any atom is -0.330 e. The summed E-state index contributed by atoms with van der Waals surface area (Å²) < 4.78 is 14.4. The lowest BCUT2D eigenvalue weighted by molar-refractivity contribution is 0.178. The van der Waals surface area contributed by atoms with E-state index in [0.29, 0.717) is 13.0 Å². The lowest BCUT2D eigenvalue weighted by Crippen LogP contribution is -2.35. The second-order valence-electron chi connectivity index (χ2n) is 4.77. The van der Waals surface area contributed by atoms with Crippen LogP contribution < -0.4 is 5.73 Å². The molecule has 1 aliphatic carbocycles. The van der Waals surface area contributed by atoms with Gasteiger partial charge in [-0.25, -0.2) is 4.39 Å². The SMILES string of the molecule is NCCC(F)C1(c2ccccc2)CCCC1. The quantitative estimate of drug-likeness (QED) is 0.830. The molecular formula is C14H20FN. The van der Waals surface area contributed by atoms with E-state index >= 15 is 0 Å². The molecule has 1 aromatic rings. The Morgan fingerprint density at radius 3 is 2.38 bits per heavy atom. The van der Waals surface area contributed by atoms with Crippen molar-refractivity contribution in [3.05, 3.63) is 35.9 Å². The molecule has 0 radical (unpaired) electrons. The average Bonchev–Trinajstić information content (AvgIpc) is 2.81. The molecule has 0 heterocycles. The summed E-state index contributed by atoms with van der Waals surface area (Å²) in [5, 5.41) is 0. The summed E-state index contributed by atoms with van der Waals surface area (Å²) in [6.07, 6.45) is 3.91. The van der Waals surface area contributed by atoms with Gasteiger partial charge in [-0.3, -0.25) is 0 Å². The van der Waals surface area contributed by atoms with Crippen molar-refractivity contribution in [3.63, 3.8) is 0 Å². The normalized spacial score (nSPS) is 20.9. The largest absolute Gasteiger partial charge is 0.330 e. The molecule has 0 saturated heterocycles. The fourth-order valence-electron chi connectivity index (χ4n) is 2.98. The third-order valence-electron chi connectivity index (χ3n) is 3.86. The number of nitrogens with two attached hydrogens (primary N) is 1. The predicted molar refractivity (Wildman–Crippen MR) is 65.2 cm³/mol. The van der Waals surface area contributed by atoms with Crippen LogP contribution in [0, 0.1) is 0 Å². The van der Waals surface area contributed by atoms with Gasteiger partial charge in [-0.2, -0.15) is 0 Å². The molecule has 1 nitrogen and oxygen atoms in total. The molecule has 1 fully saturated rings. The van der Waals surface area contributed by atoms with Gasteiger partial charge in [-0.15, -0.1) is 0 Å². The molecule has 0 aliphatic heterocycles. The molecule has 1 aromatic carbocycles. The van der Waals surface area contributed by atoms with E-state index in [4.69, 9.17) is 5.73 Å². The first-order valence-corrected chi connectivity index (χ1v) is 6.19. The van der Waals surface area contributed by atoms with Gasteiger partial charge in [0.15, 0.2) is 0 Å². The molecule has 88 valence electrons. The van der Waals surface area contributed by atoms with Crippen LogP contribution in [0.25, 0.3) is 0 Å². The molecule has 0 bridgehead atoms. The van der Waals surface area contributed by atoms with Crippen LogP contribution >= 0.6 is 0 Å². The number of benzene rings is 1. The molecule has 2 rings (SSSR count). The second-order valence-corrected chi connectivity index (χ2v) is 4.77. The summed E-state index contributed by atoms with van der Waals surface area (Å²) in [6.45, 7) is 0.440. The fraction of sp³-hybridized carbons (Fsp3) is 0.571. The molecule has 1 saturated carbocycles. The Balaban J connectivity index is 2.28. The van der Waals surface area contributed by atoms with Gasteiger partial charge in [0.25, 0.3) is 0 Å². The van der Waals surface area contributed by atoms with Gasteiger partial charge in [0.2, 0.25) is 0 Å². The van der Waals surface area contributed by atoms with E-state index < -0.39 is 6.17 Å². The highest BCUT2D eigenvalue weighted by molar-refractivity contribution is 5.28. The van der Waals surface area contributed by atoms with E-state index in [1.807, 2.05) is 18.2 Å². The van der Waals surface area contributed by atoms with Gasteiger partial charge in [0.1, 0.15) is 6.17 Å². The van der Waals surface area contributed by atoms with Gasteiger partial charge >= 0.3 is 0 Å². The number of rotatable bonds is 4. The molecule has 1 unspecified atom stereocenters. The number of hydrogen-bond donors (Lipinski definition) is 1. The Hall–Kier alpha value is -0.890. The highest BCUT2D eigenvalue weighted by Crippen LogP contribution is 2.45. The maximum absolute atomic E-state index is 14.4. The third-order valence-corrected chi connectivity index (χ3v) is 3.86. The highest BCUT2D eigenvalue weighted by Gasteiger charge is 2.42. The molecule has 16 heavy (non-hydrogen) atoms. The van der Waals surface area contributed by atoms with E-state index in [0.717, 1.165) is 31.2 Å². The first kappa shape index (κ1) is 11.6. The van der Waals surface area contributed by atoms with E-state index in [1.54, 1.807) is 0 Å². The molecular weight excluding hydrogens is 201 g/mol. The first-order chi connectivity index (χ1) is 7.79. The lowest BCUT2D eigenvalue weighted by atomic mass is 9.74. The second kappa shape index (κ2) is 4.96. The smallest absolute Gasteiger partial charge is 0.111 e. The highest BCUT2D eigenvalue weighted by atomic mass is 19.1. The van der Waals surface area contributed by atoms with Crippen LogP contribution in [0.3, 0.4) is 0 Å². The molecule has 1 atom stereocenters. The van der Waals surface area contributed by atoms with Crippen LogP contribution in [0.2, 0.25) is 0 Å². The van der Waals surface area contributed by atoms with Crippen molar-refractivity contribution in [2.24, 2.45) is 5.73 Å². The van der Waals surface area contributed by atoms with E-state index in [9.17, 15) is 4.39 Å². The van der Waals surface area contributed by atoms with Crippen LogP contribution in [-0.2, 0) is 5.41 Å². The van der Waals surface area contributed by atoms with Crippen molar-refractivity contribution in [1.29, 1.82) is 0 Å². The van der Waals surface area contributed by atoms with Crippen molar-refractivity contribution in [3.8, 4) is 0 Å². The summed E-state index contributed by atoms with van der Waals surface area (Å²) in [7, 11) is 0. The topological polar surface area (TPSA) is 26.0 Å². The average molecular weight is 221 g/mol. The molecule has 2 heteroatoms. The first-order valence-electron chi connectivity index (χ1n) is 6.19. The van der Waals surface area contributed by atoms with Gasteiger partial charge in [0.05, 0.1) is 0 Å². The number of alkyl halides is 1. The van der Waals surface area contributed by atoms with Gasteiger partial charge in [-0.1, -0.05) is 43.2 Å². The fourth-order valence-corrected chi connectivity index (χ4v) is 2.98. The van der Waals surface area contributed by atoms with Gasteiger partial charge < -0.3 is 5.73 Å². The number of hydrogen-bond acceptors (Lipinski definition) is 1. The zero-order valence-electron chi connectivity index (χ0n) is 9.66. The minimum absolute atomic E-state index is 0.249. The number of halogens is 1. The Bertz CT molecular complexity index is 317. The van der Waals surface area contributed by atoms with Crippen molar-refractivity contribution < 1.29 is 4.39 Å². The monoisotopic (exact) mass is 221 g/mol. The Morgan fingerprint density at radius 2 is 1.81 bits per heavy atom. The predicted octanol–water partition coefficient (Wildman–Crippen LogP) is 3.19. The molecule has 0 spiro atoms. The van der Waals surface area contributed by atoms with E-state index in [1.165, 1.54) is 0 Å². The van der Waals surface area contributed by atoms with E-state index in [-0.39, 0.29) is 5.41 Å². The Morgan fingerprint density at radius 1 is 1.19 bits per heavy atom. The van der Waals surface area contributed by atoms with Gasteiger partial charge in [0, 0.05) is 5.41 Å². The zero-order valence-corrected chi connectivity index (χ0v) is 9.66. The maximum Gasteiger partial charge on any atom is 0.111 e. The third kappa shape index (κ3) is 1.99. The zero-order chi connectivity index (χ0) is 11.4. The summed E-state index contributed by atoms with van der Waals surface area (Å²) in [5.74, 6) is 0. The van der Waals surface area contributed by atoms with Crippen LogP contribution in [0.4, 0.5) is 4.39 Å². The summed E-state index contributed by atoms with van der Waals surface area (Å²) in [6, 6.07) is 10.1. The Labute approximate surface area is 96.9 Å². The summed E-state index contributed by atoms with van der Waals surface area (Å²) >= 11 is 0. The van der Waals surface area contributed by atoms with Crippen LogP contribution in [-0.4, -0.2) is 12.7 Å². The lowest BCUT2D eigenvalue weighted by Gasteiger charge is -2.33. The molecule has 0 aromatic heterocycles. The maximum atomic E-state index is 14.4. The van der Waals surface area contributed by atoms with Crippen molar-refractivity contribution in [2.45, 2.75) is 43.7 Å². The summed E-state index contributed by atoms with van der Waals surface area (Å²) in [5.41, 5.74) is 6.41. The van der Waals surface area contributed by atoms with Crippen molar-refractivity contribution in [2.75, 3.05) is 6.54 Å². The molecule has 1 aliphatic rings. The van der Waals surface area contributed by atoms with Gasteiger partial charge in [-0.05, 0) is 31.4 Å². The minimum atomic E-state index is -0.789. The molecule has 0 amide bonds. The molecule has 2 N–H and O–H groups in total. The van der Waals surface area contributed by atoms with Crippen LogP contribution in [0.5, 0.6) is 0 Å². The van der Waals surface area contributed by atoms with E-state index in [2.05, 4.69) is 12.1 Å². The summed E-state index contributed by atoms with van der Waals surface area (Å²) in [4.78, 5) is 0. The van der Waals surface area contributed by atoms with Crippen LogP contribution in [0.15, 0.2) is 30.3 Å². The Kier molecular flexibility index (Phi) is 3.59. The van der Waals surface area contributed by atoms with Crippen molar-refractivity contribution >= 4 is 0 Å². The van der Waals surface area contributed by atoms with Crippen LogP contribution in [0.1, 0.15) is 37.7 Å². The van der Waals surface area contributed by atoms with Crippen molar-refractivity contribution in [1.82, 2.24) is 0 Å².